The van der Waals surface area contributed by atoms with Crippen LogP contribution in [0.5, 0.6) is 0 Å². The summed E-state index contributed by atoms with van der Waals surface area (Å²) in [5, 5.41) is 17.2. The van der Waals surface area contributed by atoms with E-state index in [-0.39, 0.29) is 5.56 Å². The van der Waals surface area contributed by atoms with Crippen molar-refractivity contribution < 1.29 is 34.8 Å². The standard InChI is InChI=1S/C9H8O4.C9H10.Ni/c10-8(11)7(9(12)13)6-4-2-1-3-5-6;1-8(2)9-6-4-3-5-7-9;/h1-5,7H,(H,10,11)(H,12,13);1,3-8H,2H3;. The van der Waals surface area contributed by atoms with Crippen molar-refractivity contribution in [3.8, 4) is 0 Å². The number of carboxylic acids is 2. The van der Waals surface area contributed by atoms with Crippen molar-refractivity contribution in [1.29, 1.82) is 0 Å². The van der Waals surface area contributed by atoms with Crippen LogP contribution in [0.4, 0.5) is 0 Å². The monoisotopic (exact) mass is 356 g/mol. The van der Waals surface area contributed by atoms with E-state index in [1.54, 1.807) is 18.2 Å². The Morgan fingerprint density at radius 1 is 0.870 bits per heavy atom. The zero-order valence-electron chi connectivity index (χ0n) is 12.5. The number of hydrogen-bond acceptors (Lipinski definition) is 2. The van der Waals surface area contributed by atoms with Gasteiger partial charge >= 0.3 is 80.7 Å². The van der Waals surface area contributed by atoms with Crippen LogP contribution in [-0.2, 0) is 24.6 Å². The summed E-state index contributed by atoms with van der Waals surface area (Å²) >= 11 is 4.56. The minimum absolute atomic E-state index is 0.280. The first kappa shape index (κ1) is 18.8. The summed E-state index contributed by atoms with van der Waals surface area (Å²) in [4.78, 5) is 22.9. The number of rotatable bonds is 5. The van der Waals surface area contributed by atoms with E-state index in [0.717, 1.165) is 0 Å². The number of carboxylic acid groups (broad SMARTS) is 2. The molecule has 0 fully saturated rings. The van der Waals surface area contributed by atoms with Crippen LogP contribution in [0.15, 0.2) is 60.7 Å². The largest absolute Gasteiger partial charge is 0.480 e. The minimum Gasteiger partial charge on any atom is -0.480 e. The van der Waals surface area contributed by atoms with Gasteiger partial charge in [0.1, 0.15) is 0 Å². The molecule has 4 nitrogen and oxygen atoms in total. The summed E-state index contributed by atoms with van der Waals surface area (Å²) in [5.74, 6) is -3.75. The SMILES string of the molecule is CC([CH]=[Ni])c1ccccc1.O=C(O)C(C(=O)O)c1ccccc1. The Morgan fingerprint density at radius 2 is 1.26 bits per heavy atom. The zero-order valence-corrected chi connectivity index (χ0v) is 13.5. The Morgan fingerprint density at radius 3 is 1.61 bits per heavy atom. The zero-order chi connectivity index (χ0) is 17.2. The second-order valence-corrected chi connectivity index (χ2v) is 5.15. The van der Waals surface area contributed by atoms with Gasteiger partial charge in [0.25, 0.3) is 0 Å². The van der Waals surface area contributed by atoms with Gasteiger partial charge in [0.2, 0.25) is 0 Å². The molecule has 0 aromatic heterocycles. The van der Waals surface area contributed by atoms with Crippen LogP contribution < -0.4 is 0 Å². The molecule has 0 spiro atoms. The van der Waals surface area contributed by atoms with Gasteiger partial charge in [-0.05, 0) is 5.56 Å². The molecule has 2 aromatic carbocycles. The van der Waals surface area contributed by atoms with Gasteiger partial charge in [-0.2, -0.15) is 0 Å². The second kappa shape index (κ2) is 9.70. The van der Waals surface area contributed by atoms with Crippen molar-refractivity contribution in [2.24, 2.45) is 0 Å². The van der Waals surface area contributed by atoms with Gasteiger partial charge in [0.05, 0.1) is 0 Å². The van der Waals surface area contributed by atoms with Gasteiger partial charge in [-0.25, -0.2) is 0 Å². The molecule has 23 heavy (non-hydrogen) atoms. The molecule has 0 bridgehead atoms. The maximum absolute atomic E-state index is 10.6. The smallest absolute Gasteiger partial charge is 0.322 e. The molecule has 1 atom stereocenters. The number of carbonyl (C=O) groups is 2. The molecule has 124 valence electrons. The molecule has 5 heteroatoms. The molecule has 0 heterocycles. The Kier molecular flexibility index (Phi) is 7.92. The van der Waals surface area contributed by atoms with E-state index in [2.05, 4.69) is 34.1 Å². The van der Waals surface area contributed by atoms with Gasteiger partial charge in [-0.15, -0.1) is 0 Å². The first-order valence-corrected chi connectivity index (χ1v) is 7.49. The van der Waals surface area contributed by atoms with Crippen LogP contribution in [0.3, 0.4) is 0 Å². The van der Waals surface area contributed by atoms with Gasteiger partial charge in [-0.3, -0.25) is 9.59 Å². The van der Waals surface area contributed by atoms with E-state index in [0.29, 0.717) is 5.92 Å². The van der Waals surface area contributed by atoms with Crippen molar-refractivity contribution in [3.05, 3.63) is 71.8 Å². The molecule has 2 N–H and O–H groups in total. The molecule has 0 aliphatic carbocycles. The molecule has 0 radical (unpaired) electrons. The van der Waals surface area contributed by atoms with Gasteiger partial charge in [0.15, 0.2) is 5.92 Å². The van der Waals surface area contributed by atoms with E-state index in [1.807, 2.05) is 23.2 Å². The van der Waals surface area contributed by atoms with Crippen LogP contribution in [0.2, 0.25) is 0 Å². The topological polar surface area (TPSA) is 74.6 Å². The third kappa shape index (κ3) is 6.17. The molecule has 2 rings (SSSR count). The van der Waals surface area contributed by atoms with E-state index >= 15 is 0 Å². The van der Waals surface area contributed by atoms with Crippen molar-refractivity contribution in [1.82, 2.24) is 0 Å². The van der Waals surface area contributed by atoms with E-state index in [9.17, 15) is 9.59 Å². The Hall–Kier alpha value is -2.26. The fraction of sp³-hybridized carbons (Fsp3) is 0.167. The van der Waals surface area contributed by atoms with Crippen LogP contribution >= 0.6 is 0 Å². The van der Waals surface area contributed by atoms with Gasteiger partial charge in [-0.1, -0.05) is 30.3 Å². The summed E-state index contributed by atoms with van der Waals surface area (Å²) in [6.07, 6.45) is 0. The molecule has 1 unspecified atom stereocenters. The van der Waals surface area contributed by atoms with E-state index in [1.165, 1.54) is 17.7 Å². The summed E-state index contributed by atoms with van der Waals surface area (Å²) in [6, 6.07) is 18.2. The maximum Gasteiger partial charge on any atom is 0.322 e. The number of aliphatic carboxylic acids is 2. The fourth-order valence-corrected chi connectivity index (χ4v) is 2.04. The predicted molar refractivity (Wildman–Crippen MR) is 85.4 cm³/mol. The van der Waals surface area contributed by atoms with Crippen LogP contribution in [-0.4, -0.2) is 27.1 Å². The van der Waals surface area contributed by atoms with Crippen molar-refractivity contribution >= 4 is 16.9 Å². The number of hydrogen-bond donors (Lipinski definition) is 2. The van der Waals surface area contributed by atoms with Crippen LogP contribution in [0.25, 0.3) is 0 Å². The summed E-state index contributed by atoms with van der Waals surface area (Å²) < 4.78 is 0. The molecule has 0 saturated heterocycles. The average Bonchev–Trinajstić information content (AvgIpc) is 2.56. The average molecular weight is 357 g/mol. The van der Waals surface area contributed by atoms with Crippen molar-refractivity contribution in [2.45, 2.75) is 18.8 Å². The van der Waals surface area contributed by atoms with Crippen LogP contribution in [0.1, 0.15) is 29.9 Å². The summed E-state index contributed by atoms with van der Waals surface area (Å²) in [6.45, 7) is 2.11. The van der Waals surface area contributed by atoms with E-state index in [4.69, 9.17) is 10.2 Å². The van der Waals surface area contributed by atoms with Crippen molar-refractivity contribution in [2.75, 3.05) is 0 Å². The third-order valence-electron chi connectivity index (χ3n) is 3.11. The Labute approximate surface area is 142 Å². The molecular formula is C18H18NiO4. The Bertz CT molecular complexity index is 627. The molecular weight excluding hydrogens is 339 g/mol. The Balaban J connectivity index is 0.000000238. The molecule has 2 aromatic rings. The molecule has 0 saturated carbocycles. The first-order valence-electron chi connectivity index (χ1n) is 6.92. The fourth-order valence-electron chi connectivity index (χ4n) is 1.85. The quantitative estimate of drug-likeness (QED) is 0.637. The molecule has 0 aliphatic rings. The van der Waals surface area contributed by atoms with E-state index < -0.39 is 17.9 Å². The first-order chi connectivity index (χ1) is 11.0. The molecule has 0 aliphatic heterocycles. The van der Waals surface area contributed by atoms with Crippen LogP contribution in [0, 0.1) is 0 Å². The van der Waals surface area contributed by atoms with Crippen molar-refractivity contribution in [3.63, 3.8) is 0 Å². The summed E-state index contributed by atoms with van der Waals surface area (Å²) in [7, 11) is 0. The van der Waals surface area contributed by atoms with Gasteiger partial charge in [0, 0.05) is 0 Å². The maximum atomic E-state index is 10.6. The summed E-state index contributed by atoms with van der Waals surface area (Å²) in [5.41, 5.74) is 1.58. The third-order valence-corrected chi connectivity index (χ3v) is 3.60. The molecule has 0 amide bonds. The predicted octanol–water partition coefficient (Wildman–Crippen LogP) is 3.08. The normalized spacial score (nSPS) is 11.1. The minimum atomic E-state index is -1.47. The van der Waals surface area contributed by atoms with Gasteiger partial charge < -0.3 is 10.2 Å². The second-order valence-electron chi connectivity index (χ2n) is 4.82. The number of benzene rings is 2.